The van der Waals surface area contributed by atoms with Gasteiger partial charge in [-0.2, -0.15) is 4.98 Å². The molecule has 2 aromatic heterocycles. The van der Waals surface area contributed by atoms with Gasteiger partial charge in [0, 0.05) is 36.8 Å². The number of anilines is 1. The van der Waals surface area contributed by atoms with Gasteiger partial charge < -0.3 is 25.8 Å². The summed E-state index contributed by atoms with van der Waals surface area (Å²) in [7, 11) is 0. The monoisotopic (exact) mass is 440 g/mol. The predicted octanol–water partition coefficient (Wildman–Crippen LogP) is 2.06. The predicted molar refractivity (Wildman–Crippen MR) is 116 cm³/mol. The third kappa shape index (κ3) is 6.90. The number of carbonyl (C=O) groups excluding carboxylic acids is 2. The molecular weight excluding hydrogens is 416 g/mol. The summed E-state index contributed by atoms with van der Waals surface area (Å²) in [5.41, 5.74) is 0.647. The van der Waals surface area contributed by atoms with E-state index < -0.39 is 17.9 Å². The lowest BCUT2D eigenvalue weighted by molar-refractivity contribution is -0.126. The van der Waals surface area contributed by atoms with Gasteiger partial charge in [-0.3, -0.25) is 9.59 Å². The van der Waals surface area contributed by atoms with Crippen LogP contribution in [-0.2, 0) is 9.59 Å². The number of hydrogen-bond donors (Lipinski definition) is 5. The maximum absolute atomic E-state index is 12.4. The highest BCUT2D eigenvalue weighted by Crippen LogP contribution is 2.22. The number of hydrogen-bond acceptors (Lipinski definition) is 7. The summed E-state index contributed by atoms with van der Waals surface area (Å²) in [5, 5.41) is 23.9. The molecule has 0 aliphatic heterocycles. The highest BCUT2D eigenvalue weighted by molar-refractivity contribution is 5.97. The molecule has 2 amide bonds. The maximum Gasteiger partial charge on any atom is 0.342 e. The number of carboxylic acid groups (broad SMARTS) is 1. The Morgan fingerprint density at radius 2 is 1.81 bits per heavy atom. The topological polar surface area (TPSA) is 170 Å². The van der Waals surface area contributed by atoms with Crippen LogP contribution in [0, 0.1) is 5.92 Å². The number of carbonyl (C=O) groups is 3. The highest BCUT2D eigenvalue weighted by Gasteiger charge is 2.23. The zero-order valence-corrected chi connectivity index (χ0v) is 17.7. The molecule has 0 fully saturated rings. The SMILES string of the molecule is CC(=O)NC(C(=O)Nc1ccc(-c2ncc(C(=O)O)c(O)n2)cc1)C(C)C.c1c[nH]cn1. The fourth-order valence-corrected chi connectivity index (χ4v) is 2.55. The van der Waals surface area contributed by atoms with Crippen LogP contribution in [0.15, 0.2) is 49.2 Å². The zero-order valence-electron chi connectivity index (χ0n) is 17.7. The Hall–Kier alpha value is -4.28. The second-order valence-corrected chi connectivity index (χ2v) is 6.99. The van der Waals surface area contributed by atoms with Crippen molar-refractivity contribution in [2.24, 2.45) is 5.92 Å². The third-order valence-electron chi connectivity index (χ3n) is 4.12. The number of rotatable bonds is 6. The molecule has 0 aliphatic carbocycles. The molecular formula is C21H24N6O5. The quantitative estimate of drug-likeness (QED) is 0.388. The first kappa shape index (κ1) is 24.0. The van der Waals surface area contributed by atoms with Crippen LogP contribution >= 0.6 is 0 Å². The number of aromatic carboxylic acids is 1. The second kappa shape index (κ2) is 11.2. The van der Waals surface area contributed by atoms with Crippen molar-refractivity contribution >= 4 is 23.5 Å². The Morgan fingerprint density at radius 3 is 2.25 bits per heavy atom. The van der Waals surface area contributed by atoms with Crippen LogP contribution < -0.4 is 10.6 Å². The molecule has 0 bridgehead atoms. The van der Waals surface area contributed by atoms with Crippen molar-refractivity contribution in [3.05, 3.63) is 54.7 Å². The van der Waals surface area contributed by atoms with Gasteiger partial charge in [0.2, 0.25) is 17.7 Å². The number of carboxylic acids is 1. The van der Waals surface area contributed by atoms with E-state index in [2.05, 4.69) is 30.6 Å². The summed E-state index contributed by atoms with van der Waals surface area (Å²) in [4.78, 5) is 48.6. The van der Waals surface area contributed by atoms with Crippen LogP contribution in [0.1, 0.15) is 31.1 Å². The van der Waals surface area contributed by atoms with Gasteiger partial charge in [0.25, 0.3) is 0 Å². The van der Waals surface area contributed by atoms with E-state index in [1.807, 2.05) is 13.8 Å². The number of nitrogens with zero attached hydrogens (tertiary/aromatic N) is 3. The Bertz CT molecular complexity index is 1030. The lowest BCUT2D eigenvalue weighted by Crippen LogP contribution is -2.46. The first-order valence-electron chi connectivity index (χ1n) is 9.59. The molecule has 5 N–H and O–H groups in total. The normalized spacial score (nSPS) is 11.1. The standard InChI is InChI=1S/C18H20N4O5.C3H4N2/c1-9(2)14(20-10(3)23)17(25)21-12-6-4-11(5-7-12)15-19-8-13(18(26)27)16(24)22-15;1-2-5-3-4-1/h4-9,14H,1-3H3,(H,20,23)(H,21,25)(H,26,27)(H,19,22,24);1-3H,(H,4,5). The average Bonchev–Trinajstić information content (AvgIpc) is 3.32. The summed E-state index contributed by atoms with van der Waals surface area (Å²) in [5.74, 6) is -2.52. The Balaban J connectivity index is 0.000000636. The van der Waals surface area contributed by atoms with Gasteiger partial charge in [0.05, 0.1) is 6.33 Å². The molecule has 32 heavy (non-hydrogen) atoms. The summed E-state index contributed by atoms with van der Waals surface area (Å²) in [6.07, 6.45) is 6.11. The van der Waals surface area contributed by atoms with E-state index in [-0.39, 0.29) is 29.1 Å². The van der Waals surface area contributed by atoms with E-state index >= 15 is 0 Å². The number of nitrogens with one attached hydrogen (secondary N) is 3. The van der Waals surface area contributed by atoms with Crippen molar-refractivity contribution in [2.75, 3.05) is 5.32 Å². The smallest absolute Gasteiger partial charge is 0.342 e. The van der Waals surface area contributed by atoms with E-state index in [1.165, 1.54) is 6.92 Å². The van der Waals surface area contributed by atoms with Gasteiger partial charge >= 0.3 is 5.97 Å². The summed E-state index contributed by atoms with van der Waals surface area (Å²) in [6, 6.07) is 5.81. The van der Waals surface area contributed by atoms with Crippen molar-refractivity contribution in [3.63, 3.8) is 0 Å². The van der Waals surface area contributed by atoms with Crippen LogP contribution in [0.4, 0.5) is 5.69 Å². The first-order valence-corrected chi connectivity index (χ1v) is 9.59. The molecule has 3 rings (SSSR count). The average molecular weight is 440 g/mol. The Labute approximate surface area is 184 Å². The molecule has 2 heterocycles. The fraction of sp³-hybridized carbons (Fsp3) is 0.238. The van der Waals surface area contributed by atoms with Crippen LogP contribution in [0.3, 0.4) is 0 Å². The van der Waals surface area contributed by atoms with Crippen LogP contribution in [0.5, 0.6) is 5.88 Å². The molecule has 3 aromatic rings. The minimum Gasteiger partial charge on any atom is -0.493 e. The Kier molecular flexibility index (Phi) is 8.40. The maximum atomic E-state index is 12.4. The molecule has 11 heteroatoms. The number of aromatic nitrogens is 4. The largest absolute Gasteiger partial charge is 0.493 e. The molecule has 1 aromatic carbocycles. The van der Waals surface area contributed by atoms with Crippen LogP contribution in [-0.4, -0.2) is 54.0 Å². The van der Waals surface area contributed by atoms with Crippen molar-refractivity contribution < 1.29 is 24.6 Å². The summed E-state index contributed by atoms with van der Waals surface area (Å²) in [6.45, 7) is 5.00. The van der Waals surface area contributed by atoms with Crippen LogP contribution in [0.25, 0.3) is 11.4 Å². The number of imidazole rings is 1. The molecule has 11 nitrogen and oxygen atoms in total. The number of amides is 2. The molecule has 1 unspecified atom stereocenters. The van der Waals surface area contributed by atoms with Gasteiger partial charge in [-0.25, -0.2) is 14.8 Å². The number of aromatic hydroxyl groups is 1. The minimum absolute atomic E-state index is 0.0858. The molecule has 0 radical (unpaired) electrons. The molecule has 0 spiro atoms. The van der Waals surface area contributed by atoms with Crippen molar-refractivity contribution in [1.82, 2.24) is 25.3 Å². The summed E-state index contributed by atoms with van der Waals surface area (Å²) < 4.78 is 0. The van der Waals surface area contributed by atoms with E-state index in [9.17, 15) is 19.5 Å². The van der Waals surface area contributed by atoms with Crippen molar-refractivity contribution in [1.29, 1.82) is 0 Å². The lowest BCUT2D eigenvalue weighted by atomic mass is 10.0. The van der Waals surface area contributed by atoms with Gasteiger partial charge in [0.1, 0.15) is 11.6 Å². The molecule has 0 aliphatic rings. The second-order valence-electron chi connectivity index (χ2n) is 6.99. The molecule has 1 atom stereocenters. The molecule has 0 saturated heterocycles. The Morgan fingerprint density at radius 1 is 1.12 bits per heavy atom. The van der Waals surface area contributed by atoms with Gasteiger partial charge in [0.15, 0.2) is 5.82 Å². The van der Waals surface area contributed by atoms with E-state index in [4.69, 9.17) is 5.11 Å². The van der Waals surface area contributed by atoms with E-state index in [0.29, 0.717) is 11.3 Å². The third-order valence-corrected chi connectivity index (χ3v) is 4.12. The molecule has 0 saturated carbocycles. The van der Waals surface area contributed by atoms with Gasteiger partial charge in [-0.05, 0) is 30.2 Å². The van der Waals surface area contributed by atoms with E-state index in [0.717, 1.165) is 6.20 Å². The number of aromatic amines is 1. The minimum atomic E-state index is -1.32. The summed E-state index contributed by atoms with van der Waals surface area (Å²) >= 11 is 0. The van der Waals surface area contributed by atoms with Gasteiger partial charge in [-0.1, -0.05) is 13.8 Å². The number of benzene rings is 1. The highest BCUT2D eigenvalue weighted by atomic mass is 16.4. The van der Waals surface area contributed by atoms with Crippen LogP contribution in [0.2, 0.25) is 0 Å². The molecule has 168 valence electrons. The van der Waals surface area contributed by atoms with Crippen molar-refractivity contribution in [2.45, 2.75) is 26.8 Å². The number of H-pyrrole nitrogens is 1. The first-order chi connectivity index (χ1) is 15.2. The fourth-order valence-electron chi connectivity index (χ4n) is 2.55. The lowest BCUT2D eigenvalue weighted by Gasteiger charge is -2.21. The van der Waals surface area contributed by atoms with E-state index in [1.54, 1.807) is 43.0 Å². The zero-order chi connectivity index (χ0) is 23.7. The van der Waals surface area contributed by atoms with Crippen molar-refractivity contribution in [3.8, 4) is 17.3 Å². The van der Waals surface area contributed by atoms with Gasteiger partial charge in [-0.15, -0.1) is 0 Å².